The van der Waals surface area contributed by atoms with Crippen molar-refractivity contribution in [3.8, 4) is 17.5 Å². The van der Waals surface area contributed by atoms with Gasteiger partial charge in [-0.2, -0.15) is 4.98 Å². The molecule has 1 amide bonds. The molecule has 0 aliphatic rings. The summed E-state index contributed by atoms with van der Waals surface area (Å²) >= 11 is 0. The van der Waals surface area contributed by atoms with Gasteiger partial charge in [-0.25, -0.2) is 4.98 Å². The van der Waals surface area contributed by atoms with E-state index in [1.54, 1.807) is 47.0 Å². The number of amides is 1. The Morgan fingerprint density at radius 2 is 2.03 bits per heavy atom. The lowest BCUT2D eigenvalue weighted by Crippen LogP contribution is -2.30. The van der Waals surface area contributed by atoms with Crippen molar-refractivity contribution in [3.05, 3.63) is 59.8 Å². The minimum atomic E-state index is -1.54. The first-order chi connectivity index (χ1) is 15.0. The van der Waals surface area contributed by atoms with Crippen LogP contribution in [0, 0.1) is 0 Å². The van der Waals surface area contributed by atoms with Gasteiger partial charge in [0.2, 0.25) is 17.5 Å². The molecule has 0 unspecified atom stereocenters. The summed E-state index contributed by atoms with van der Waals surface area (Å²) < 4.78 is 6.86. The van der Waals surface area contributed by atoms with Crippen LogP contribution >= 0.6 is 0 Å². The predicted octanol–water partition coefficient (Wildman–Crippen LogP) is -0.414. The molecule has 5 N–H and O–H groups in total. The lowest BCUT2D eigenvalue weighted by Gasteiger charge is -2.10. The first-order valence-corrected chi connectivity index (χ1v) is 9.22. The van der Waals surface area contributed by atoms with Gasteiger partial charge < -0.3 is 25.8 Å². The molecule has 4 aromatic rings. The fourth-order valence-corrected chi connectivity index (χ4v) is 3.04. The van der Waals surface area contributed by atoms with Gasteiger partial charge in [-0.3, -0.25) is 9.20 Å². The van der Waals surface area contributed by atoms with E-state index >= 15 is 0 Å². The average molecular weight is 419 g/mol. The third-order valence-electron chi connectivity index (χ3n) is 4.53. The molecule has 31 heavy (non-hydrogen) atoms. The third-order valence-corrected chi connectivity index (χ3v) is 4.53. The molecule has 0 bridgehead atoms. The molecule has 3 heterocycles. The molecular weight excluding hydrogens is 401 g/mol. The van der Waals surface area contributed by atoms with Crippen LogP contribution in [0.15, 0.2) is 48.7 Å². The number of benzene rings is 1. The van der Waals surface area contributed by atoms with E-state index in [0.29, 0.717) is 35.2 Å². The Bertz CT molecular complexity index is 1260. The Labute approximate surface area is 176 Å². The molecule has 11 nitrogen and oxygen atoms in total. The largest absolute Gasteiger partial charge is 0.488 e. The summed E-state index contributed by atoms with van der Waals surface area (Å²) in [7, 11) is -0.0630. The van der Waals surface area contributed by atoms with Crippen LogP contribution in [-0.4, -0.2) is 54.7 Å². The van der Waals surface area contributed by atoms with Gasteiger partial charge in [0, 0.05) is 18.8 Å². The Morgan fingerprint density at radius 3 is 2.77 bits per heavy atom. The minimum absolute atomic E-state index is 0.230. The maximum Gasteiger partial charge on any atom is 0.488 e. The van der Waals surface area contributed by atoms with E-state index in [4.69, 9.17) is 10.5 Å². The number of fused-ring (bicyclic) bond motifs is 1. The molecule has 0 saturated carbocycles. The van der Waals surface area contributed by atoms with Gasteiger partial charge in [-0.15, -0.1) is 10.2 Å². The molecule has 0 atom stereocenters. The van der Waals surface area contributed by atoms with E-state index in [9.17, 15) is 14.8 Å². The van der Waals surface area contributed by atoms with Crippen molar-refractivity contribution in [3.63, 3.8) is 0 Å². The van der Waals surface area contributed by atoms with Gasteiger partial charge in [-0.05, 0) is 23.2 Å². The summed E-state index contributed by atoms with van der Waals surface area (Å²) in [5.41, 5.74) is 7.15. The van der Waals surface area contributed by atoms with Gasteiger partial charge in [0.25, 0.3) is 5.91 Å². The summed E-state index contributed by atoms with van der Waals surface area (Å²) in [6.07, 6.45) is 1.68. The number of anilines is 1. The zero-order valence-corrected chi connectivity index (χ0v) is 16.4. The average Bonchev–Trinajstić information content (AvgIpc) is 3.21. The molecule has 4 rings (SSSR count). The molecule has 0 radical (unpaired) electrons. The zero-order chi connectivity index (χ0) is 22.0. The summed E-state index contributed by atoms with van der Waals surface area (Å²) in [5.74, 6) is 0.684. The highest BCUT2D eigenvalue weighted by molar-refractivity contribution is 6.58. The minimum Gasteiger partial charge on any atom is -0.481 e. The molecule has 1 aromatic carbocycles. The highest BCUT2D eigenvalue weighted by atomic mass is 16.5. The van der Waals surface area contributed by atoms with Gasteiger partial charge >= 0.3 is 7.12 Å². The van der Waals surface area contributed by atoms with Crippen molar-refractivity contribution in [2.75, 3.05) is 12.4 Å². The van der Waals surface area contributed by atoms with Crippen LogP contribution in [-0.2, 0) is 6.54 Å². The lowest BCUT2D eigenvalue weighted by atomic mass is 9.80. The Hall–Kier alpha value is -4.03. The first kappa shape index (κ1) is 20.3. The Balaban J connectivity index is 1.67. The summed E-state index contributed by atoms with van der Waals surface area (Å²) in [5, 5.41) is 30.0. The number of primary amides is 1. The van der Waals surface area contributed by atoms with Gasteiger partial charge in [0.05, 0.1) is 12.7 Å². The number of nitrogens with two attached hydrogens (primary N) is 1. The van der Waals surface area contributed by atoms with Crippen molar-refractivity contribution in [1.82, 2.24) is 24.6 Å². The molecule has 0 aliphatic heterocycles. The standard InChI is InChI=1S/C19H18BN7O4/c1-31-15-9-14(22-10-11-4-2-5-12(8-11)20(29)30)23-17(24-15)19-26-25-18-13(16(21)28)6-3-7-27(18)19/h2-9,29-30H,10H2,1H3,(H2,21,28)(H,22,23,24). The smallest absolute Gasteiger partial charge is 0.481 e. The molecule has 156 valence electrons. The maximum absolute atomic E-state index is 11.6. The van der Waals surface area contributed by atoms with Crippen molar-refractivity contribution in [2.45, 2.75) is 6.54 Å². The Morgan fingerprint density at radius 1 is 1.19 bits per heavy atom. The SMILES string of the molecule is COc1cc(NCc2cccc(B(O)O)c2)nc(-c2nnc3c(C(N)=O)cccn23)n1. The number of methoxy groups -OCH3 is 1. The van der Waals surface area contributed by atoms with E-state index in [2.05, 4.69) is 25.5 Å². The van der Waals surface area contributed by atoms with Crippen LogP contribution in [0.1, 0.15) is 15.9 Å². The third kappa shape index (κ3) is 4.15. The topological polar surface area (TPSA) is 161 Å². The van der Waals surface area contributed by atoms with Crippen LogP contribution in [0.5, 0.6) is 5.88 Å². The number of carbonyl (C=O) groups is 1. The lowest BCUT2D eigenvalue weighted by molar-refractivity contribution is 0.100. The van der Waals surface area contributed by atoms with Crippen LogP contribution in [0.2, 0.25) is 0 Å². The molecule has 0 spiro atoms. The number of nitrogens with one attached hydrogen (secondary N) is 1. The van der Waals surface area contributed by atoms with Crippen LogP contribution in [0.25, 0.3) is 17.3 Å². The maximum atomic E-state index is 11.6. The number of hydrogen-bond donors (Lipinski definition) is 4. The van der Waals surface area contributed by atoms with E-state index in [1.807, 2.05) is 6.07 Å². The molecular formula is C19H18BN7O4. The number of ether oxygens (including phenoxy) is 1. The second-order valence-corrected chi connectivity index (χ2v) is 6.59. The first-order valence-electron chi connectivity index (χ1n) is 9.22. The van der Waals surface area contributed by atoms with Crippen molar-refractivity contribution in [2.24, 2.45) is 5.73 Å². The predicted molar refractivity (Wildman–Crippen MR) is 113 cm³/mol. The van der Waals surface area contributed by atoms with Gasteiger partial charge in [-0.1, -0.05) is 24.3 Å². The van der Waals surface area contributed by atoms with Crippen LogP contribution in [0.3, 0.4) is 0 Å². The van der Waals surface area contributed by atoms with E-state index in [1.165, 1.54) is 7.11 Å². The number of carbonyl (C=O) groups excluding carboxylic acids is 1. The quantitative estimate of drug-likeness (QED) is 0.292. The normalized spacial score (nSPS) is 10.8. The number of nitrogens with zero attached hydrogens (tertiary/aromatic N) is 5. The van der Waals surface area contributed by atoms with Crippen molar-refractivity contribution >= 4 is 30.0 Å². The van der Waals surface area contributed by atoms with E-state index in [0.717, 1.165) is 5.56 Å². The highest BCUT2D eigenvalue weighted by Crippen LogP contribution is 2.22. The Kier molecular flexibility index (Phi) is 5.47. The summed E-state index contributed by atoms with van der Waals surface area (Å²) in [4.78, 5) is 20.5. The zero-order valence-electron chi connectivity index (χ0n) is 16.4. The number of pyridine rings is 1. The molecule has 0 saturated heterocycles. The fraction of sp³-hybridized carbons (Fsp3) is 0.105. The van der Waals surface area contributed by atoms with Crippen molar-refractivity contribution in [1.29, 1.82) is 0 Å². The van der Waals surface area contributed by atoms with Gasteiger partial charge in [0.15, 0.2) is 5.65 Å². The number of aromatic nitrogens is 5. The van der Waals surface area contributed by atoms with Crippen LogP contribution in [0.4, 0.5) is 5.82 Å². The molecule has 0 fully saturated rings. The molecule has 0 aliphatic carbocycles. The van der Waals surface area contributed by atoms with Crippen molar-refractivity contribution < 1.29 is 19.6 Å². The number of rotatable bonds is 7. The second kappa shape index (κ2) is 8.38. The van der Waals surface area contributed by atoms with Crippen LogP contribution < -0.4 is 21.3 Å². The fourth-order valence-electron chi connectivity index (χ4n) is 3.04. The highest BCUT2D eigenvalue weighted by Gasteiger charge is 2.17. The second-order valence-electron chi connectivity index (χ2n) is 6.59. The van der Waals surface area contributed by atoms with Gasteiger partial charge in [0.1, 0.15) is 5.82 Å². The summed E-state index contributed by atoms with van der Waals surface area (Å²) in [6, 6.07) is 11.7. The summed E-state index contributed by atoms with van der Waals surface area (Å²) in [6.45, 7) is 0.368. The molecule has 3 aromatic heterocycles. The molecule has 12 heteroatoms. The monoisotopic (exact) mass is 419 g/mol. The van der Waals surface area contributed by atoms with E-state index < -0.39 is 13.0 Å². The van der Waals surface area contributed by atoms with E-state index in [-0.39, 0.29) is 11.4 Å². The number of hydrogen-bond acceptors (Lipinski definition) is 9.